The smallest absolute Gasteiger partial charge is 0.266 e. The Kier molecular flexibility index (Phi) is 7.07. The van der Waals surface area contributed by atoms with E-state index in [1.807, 2.05) is 18.5 Å². The highest BCUT2D eigenvalue weighted by Gasteiger charge is 2.19. The number of amides is 1. The summed E-state index contributed by atoms with van der Waals surface area (Å²) >= 11 is 0. The molecule has 1 N–H and O–H groups in total. The van der Waals surface area contributed by atoms with E-state index in [9.17, 15) is 18.0 Å². The quantitative estimate of drug-likeness (QED) is 0.622. The molecule has 0 fully saturated rings. The molecule has 0 saturated carbocycles. The largest absolute Gasteiger partial charge is 0.353 e. The Balaban J connectivity index is 2.09. The van der Waals surface area contributed by atoms with Gasteiger partial charge >= 0.3 is 0 Å². The number of pyridine rings is 1. The van der Waals surface area contributed by atoms with E-state index >= 15 is 0 Å². The number of hydrogen-bond acceptors (Lipinski definition) is 4. The number of benzene rings is 1. The van der Waals surface area contributed by atoms with Gasteiger partial charge in [0.1, 0.15) is 11.6 Å². The molecule has 9 heteroatoms. The number of hydrogen-bond donors (Lipinski definition) is 1. The number of rotatable bonds is 6. The van der Waals surface area contributed by atoms with Crippen LogP contribution in [0.25, 0.3) is 17.0 Å². The Morgan fingerprint density at radius 3 is 2.72 bits per heavy atom. The number of nitrogens with zero attached hydrogens (tertiary/aromatic N) is 4. The Labute approximate surface area is 183 Å². The van der Waals surface area contributed by atoms with Crippen LogP contribution in [0.2, 0.25) is 0 Å². The molecule has 3 aromatic rings. The van der Waals surface area contributed by atoms with Gasteiger partial charge < -0.3 is 9.88 Å². The lowest BCUT2D eigenvalue weighted by Crippen LogP contribution is -2.19. The average Bonchev–Trinajstić information content (AvgIpc) is 2.74. The van der Waals surface area contributed by atoms with Crippen molar-refractivity contribution >= 4 is 22.9 Å². The standard InChI is InChI=1S/C23H24F3N5O/c1-13(17-8-5-9-18(21(17)24)22(25)26)29-23-19-11-16(7-6-10-27-15(3)32)28-12-20(19)31(4)14(2)30-23/h5-9,11-13,22H,10H2,1-4H3,(H,27,32)/b7-6+,29-23?/t13-/m1/s1. The molecule has 0 radical (unpaired) electrons. The molecule has 2 heterocycles. The van der Waals surface area contributed by atoms with Crippen LogP contribution >= 0.6 is 0 Å². The second-order valence-corrected chi connectivity index (χ2v) is 7.36. The lowest BCUT2D eigenvalue weighted by Gasteiger charge is -2.13. The van der Waals surface area contributed by atoms with Gasteiger partial charge in [0.15, 0.2) is 5.49 Å². The fourth-order valence-corrected chi connectivity index (χ4v) is 3.26. The van der Waals surface area contributed by atoms with Crippen LogP contribution in [0.5, 0.6) is 0 Å². The number of nitrogens with one attached hydrogen (secondary N) is 1. The highest BCUT2D eigenvalue weighted by Crippen LogP contribution is 2.28. The summed E-state index contributed by atoms with van der Waals surface area (Å²) in [5.74, 6) is -0.420. The maximum atomic E-state index is 14.6. The number of aryl methyl sites for hydroxylation is 2. The van der Waals surface area contributed by atoms with Gasteiger partial charge in [-0.05, 0) is 26.0 Å². The van der Waals surface area contributed by atoms with Crippen LogP contribution in [0.3, 0.4) is 0 Å². The second kappa shape index (κ2) is 9.76. The van der Waals surface area contributed by atoms with Crippen molar-refractivity contribution in [1.82, 2.24) is 19.9 Å². The minimum atomic E-state index is -2.91. The highest BCUT2D eigenvalue weighted by atomic mass is 19.3. The third-order valence-electron chi connectivity index (χ3n) is 5.08. The molecule has 32 heavy (non-hydrogen) atoms. The summed E-state index contributed by atoms with van der Waals surface area (Å²) in [6.07, 6.45) is 2.30. The molecule has 0 spiro atoms. The molecule has 0 aliphatic rings. The minimum Gasteiger partial charge on any atom is -0.353 e. The Bertz CT molecular complexity index is 1250. The van der Waals surface area contributed by atoms with Gasteiger partial charge in [0, 0.05) is 31.5 Å². The molecule has 1 atom stereocenters. The number of halogens is 3. The Morgan fingerprint density at radius 1 is 1.31 bits per heavy atom. The first kappa shape index (κ1) is 23.2. The van der Waals surface area contributed by atoms with Crippen molar-refractivity contribution in [3.05, 3.63) is 70.5 Å². The van der Waals surface area contributed by atoms with E-state index in [1.165, 1.54) is 19.1 Å². The van der Waals surface area contributed by atoms with Crippen LogP contribution in [0.4, 0.5) is 13.2 Å². The summed E-state index contributed by atoms with van der Waals surface area (Å²) in [6.45, 7) is 5.25. The summed E-state index contributed by atoms with van der Waals surface area (Å²) in [5, 5.41) is 3.35. The van der Waals surface area contributed by atoms with Gasteiger partial charge in [0.25, 0.3) is 6.43 Å². The van der Waals surface area contributed by atoms with Gasteiger partial charge in [-0.1, -0.05) is 24.3 Å². The fourth-order valence-electron chi connectivity index (χ4n) is 3.26. The predicted octanol–water partition coefficient (Wildman–Crippen LogP) is 4.16. The van der Waals surface area contributed by atoms with E-state index in [1.54, 1.807) is 31.3 Å². The summed E-state index contributed by atoms with van der Waals surface area (Å²) in [7, 11) is 1.84. The fraction of sp³-hybridized carbons (Fsp3) is 0.304. The van der Waals surface area contributed by atoms with Crippen LogP contribution in [0.15, 0.2) is 41.5 Å². The van der Waals surface area contributed by atoms with Crippen molar-refractivity contribution in [2.24, 2.45) is 12.0 Å². The van der Waals surface area contributed by atoms with Crippen LogP contribution in [0.1, 0.15) is 49.0 Å². The van der Waals surface area contributed by atoms with Crippen molar-refractivity contribution in [3.8, 4) is 0 Å². The van der Waals surface area contributed by atoms with Crippen molar-refractivity contribution in [2.75, 3.05) is 6.54 Å². The first-order valence-corrected chi connectivity index (χ1v) is 10.0. The van der Waals surface area contributed by atoms with Crippen LogP contribution in [-0.4, -0.2) is 27.0 Å². The zero-order valence-corrected chi connectivity index (χ0v) is 18.2. The number of fused-ring (bicyclic) bond motifs is 1. The van der Waals surface area contributed by atoms with Gasteiger partial charge in [-0.15, -0.1) is 0 Å². The minimum absolute atomic E-state index is 0.0770. The topological polar surface area (TPSA) is 72.2 Å². The molecule has 0 saturated heterocycles. The number of carbonyl (C=O) groups is 1. The molecule has 3 rings (SSSR count). The van der Waals surface area contributed by atoms with Crippen molar-refractivity contribution in [3.63, 3.8) is 0 Å². The van der Waals surface area contributed by atoms with E-state index in [0.29, 0.717) is 28.9 Å². The van der Waals surface area contributed by atoms with E-state index in [-0.39, 0.29) is 11.5 Å². The van der Waals surface area contributed by atoms with Gasteiger partial charge in [-0.2, -0.15) is 0 Å². The number of aromatic nitrogens is 3. The first-order chi connectivity index (χ1) is 15.2. The summed E-state index contributed by atoms with van der Waals surface area (Å²) < 4.78 is 42.7. The Hall–Kier alpha value is -3.49. The zero-order valence-electron chi connectivity index (χ0n) is 18.2. The van der Waals surface area contributed by atoms with Gasteiger partial charge in [0.2, 0.25) is 5.91 Å². The van der Waals surface area contributed by atoms with E-state index in [4.69, 9.17) is 0 Å². The molecule has 0 bridgehead atoms. The monoisotopic (exact) mass is 443 g/mol. The molecule has 2 aromatic heterocycles. The second-order valence-electron chi connectivity index (χ2n) is 7.36. The van der Waals surface area contributed by atoms with E-state index in [2.05, 4.69) is 20.3 Å². The molecule has 0 aliphatic heterocycles. The normalized spacial score (nSPS) is 13.3. The molecule has 168 valence electrons. The SMILES string of the molecule is CC(=O)NC/C=C/c1cc2c(=N[C@H](C)c3cccc(C(F)F)c3F)nc(C)n(C)c2cn1. The van der Waals surface area contributed by atoms with Crippen molar-refractivity contribution in [1.29, 1.82) is 0 Å². The Morgan fingerprint density at radius 2 is 2.03 bits per heavy atom. The van der Waals surface area contributed by atoms with Gasteiger partial charge in [-0.3, -0.25) is 14.8 Å². The molecule has 1 aromatic carbocycles. The molecular formula is C23H24F3N5O. The van der Waals surface area contributed by atoms with Crippen LogP contribution < -0.4 is 10.8 Å². The maximum absolute atomic E-state index is 14.6. The molecule has 6 nitrogen and oxygen atoms in total. The molecular weight excluding hydrogens is 419 g/mol. The zero-order chi connectivity index (χ0) is 23.4. The lowest BCUT2D eigenvalue weighted by atomic mass is 10.0. The number of carbonyl (C=O) groups excluding carboxylic acids is 1. The van der Waals surface area contributed by atoms with Gasteiger partial charge in [0.05, 0.1) is 29.0 Å². The molecule has 0 unspecified atom stereocenters. The number of alkyl halides is 2. The van der Waals surface area contributed by atoms with Crippen molar-refractivity contribution in [2.45, 2.75) is 33.2 Å². The van der Waals surface area contributed by atoms with Crippen LogP contribution in [-0.2, 0) is 11.8 Å². The van der Waals surface area contributed by atoms with Crippen LogP contribution in [0, 0.1) is 12.7 Å². The molecule has 1 amide bonds. The maximum Gasteiger partial charge on any atom is 0.266 e. The van der Waals surface area contributed by atoms with E-state index in [0.717, 1.165) is 11.6 Å². The van der Waals surface area contributed by atoms with E-state index < -0.39 is 23.8 Å². The van der Waals surface area contributed by atoms with Crippen molar-refractivity contribution < 1.29 is 18.0 Å². The molecule has 0 aliphatic carbocycles. The predicted molar refractivity (Wildman–Crippen MR) is 116 cm³/mol. The van der Waals surface area contributed by atoms with Gasteiger partial charge in [-0.25, -0.2) is 18.2 Å². The summed E-state index contributed by atoms with van der Waals surface area (Å²) in [5.41, 5.74) is 1.19. The highest BCUT2D eigenvalue weighted by molar-refractivity contribution is 5.79. The third-order valence-corrected chi connectivity index (χ3v) is 5.08. The summed E-state index contributed by atoms with van der Waals surface area (Å²) in [6, 6.07) is 4.98. The first-order valence-electron chi connectivity index (χ1n) is 10.0. The third kappa shape index (κ3) is 5.04. The summed E-state index contributed by atoms with van der Waals surface area (Å²) in [4.78, 5) is 24.5. The average molecular weight is 443 g/mol. The lowest BCUT2D eigenvalue weighted by molar-refractivity contribution is -0.118.